The summed E-state index contributed by atoms with van der Waals surface area (Å²) in [6, 6.07) is 0. The molecule has 0 spiro atoms. The Kier molecular flexibility index (Phi) is 6.40. The highest BCUT2D eigenvalue weighted by Crippen LogP contribution is 2.17. The largest absolute Gasteiger partial charge is 0.569 e. The Morgan fingerprint density at radius 2 is 1.91 bits per heavy atom. The first kappa shape index (κ1) is 18.8. The van der Waals surface area contributed by atoms with Crippen LogP contribution in [0.15, 0.2) is 5.28 Å². The minimum Gasteiger partial charge on any atom is -0.569 e. The number of ether oxygens (including phenoxy) is 2. The number of carbonyl (C=O) groups excluding carboxylic acids is 1. The van der Waals surface area contributed by atoms with Crippen LogP contribution in [0.4, 0.5) is 4.79 Å². The Morgan fingerprint density at radius 3 is 2.39 bits per heavy atom. The second-order valence-corrected chi connectivity index (χ2v) is 6.16. The number of hydrogen-bond acceptors (Lipinski definition) is 7. The van der Waals surface area contributed by atoms with Gasteiger partial charge in [-0.3, -0.25) is 9.63 Å². The quantitative estimate of drug-likeness (QED) is 0.266. The van der Waals surface area contributed by atoms with Crippen LogP contribution in [0.25, 0.3) is 0 Å². The molecular formula is C13H23N3O7. The first-order valence-corrected chi connectivity index (χ1v) is 7.30. The Bertz CT molecular complexity index is 453. The van der Waals surface area contributed by atoms with Gasteiger partial charge < -0.3 is 19.8 Å². The van der Waals surface area contributed by atoms with Crippen LogP contribution < -0.4 is 0 Å². The van der Waals surface area contributed by atoms with Crippen LogP contribution in [-0.2, 0) is 19.1 Å². The number of hydrogen-bond donors (Lipinski definition) is 1. The van der Waals surface area contributed by atoms with Crippen molar-refractivity contribution in [1.29, 1.82) is 0 Å². The van der Waals surface area contributed by atoms with E-state index in [1.54, 1.807) is 20.8 Å². The minimum absolute atomic E-state index is 0.229. The molecule has 1 N–H and O–H groups in total. The topological polar surface area (TPSA) is 124 Å². The highest BCUT2D eigenvalue weighted by atomic mass is 16.8. The maximum Gasteiger partial charge on any atom is 0.511 e. The van der Waals surface area contributed by atoms with Crippen LogP contribution in [-0.4, -0.2) is 52.2 Å². The summed E-state index contributed by atoms with van der Waals surface area (Å²) >= 11 is 0. The summed E-state index contributed by atoms with van der Waals surface area (Å²) in [7, 11) is 0. The van der Waals surface area contributed by atoms with Crippen molar-refractivity contribution in [3.8, 4) is 0 Å². The molecule has 1 aliphatic rings. The lowest BCUT2D eigenvalue weighted by Crippen LogP contribution is -2.40. The summed E-state index contributed by atoms with van der Waals surface area (Å²) in [5.41, 5.74) is -0.701. The molecule has 0 aliphatic carbocycles. The van der Waals surface area contributed by atoms with Crippen LogP contribution in [0.5, 0.6) is 0 Å². The van der Waals surface area contributed by atoms with Gasteiger partial charge in [-0.05, 0) is 33.6 Å². The molecule has 0 saturated carbocycles. The molecule has 1 atom stereocenters. The third-order valence-electron chi connectivity index (χ3n) is 2.98. The molecule has 0 aromatic rings. The van der Waals surface area contributed by atoms with Gasteiger partial charge in [0.2, 0.25) is 5.28 Å². The zero-order valence-electron chi connectivity index (χ0n) is 13.7. The van der Waals surface area contributed by atoms with Gasteiger partial charge in [0, 0.05) is 6.92 Å². The Hall–Kier alpha value is -2.26. The Balaban J connectivity index is 2.38. The van der Waals surface area contributed by atoms with Gasteiger partial charge in [-0.25, -0.2) is 4.79 Å². The summed E-state index contributed by atoms with van der Waals surface area (Å²) in [6.07, 6.45) is -1.32. The molecule has 0 aromatic heterocycles. The van der Waals surface area contributed by atoms with Gasteiger partial charge in [0.25, 0.3) is 6.29 Å². The van der Waals surface area contributed by atoms with Crippen molar-refractivity contribution in [2.45, 2.75) is 52.4 Å². The average molecular weight is 333 g/mol. The van der Waals surface area contributed by atoms with Crippen LogP contribution in [0.1, 0.15) is 40.5 Å². The van der Waals surface area contributed by atoms with E-state index >= 15 is 0 Å². The predicted octanol–water partition coefficient (Wildman–Crippen LogP) is 1.89. The SMILES string of the molecule is CC(O/N=[N+](\[O-])N1CCC(C(=O)O)CC1)OC(=O)OC(C)(C)C. The zero-order chi connectivity index (χ0) is 17.6. The van der Waals surface area contributed by atoms with E-state index in [1.165, 1.54) is 11.9 Å². The molecule has 23 heavy (non-hydrogen) atoms. The fourth-order valence-corrected chi connectivity index (χ4v) is 1.87. The first-order chi connectivity index (χ1) is 10.6. The average Bonchev–Trinajstić information content (AvgIpc) is 2.42. The van der Waals surface area contributed by atoms with Crippen LogP contribution in [0, 0.1) is 11.1 Å². The molecule has 10 heteroatoms. The fourth-order valence-electron chi connectivity index (χ4n) is 1.87. The maximum absolute atomic E-state index is 11.7. The molecule has 0 amide bonds. The van der Waals surface area contributed by atoms with Crippen molar-refractivity contribution in [3.05, 3.63) is 5.21 Å². The van der Waals surface area contributed by atoms with Crippen molar-refractivity contribution >= 4 is 12.1 Å². The van der Waals surface area contributed by atoms with Gasteiger partial charge in [-0.1, -0.05) is 0 Å². The Labute approximate surface area is 134 Å². The monoisotopic (exact) mass is 333 g/mol. The lowest BCUT2D eigenvalue weighted by molar-refractivity contribution is -0.715. The summed E-state index contributed by atoms with van der Waals surface area (Å²) in [4.78, 5) is 27.2. The van der Waals surface area contributed by atoms with E-state index < -0.39 is 29.9 Å². The van der Waals surface area contributed by atoms with Gasteiger partial charge in [0.1, 0.15) is 5.60 Å². The predicted molar refractivity (Wildman–Crippen MR) is 75.9 cm³/mol. The molecular weight excluding hydrogens is 310 g/mol. The van der Waals surface area contributed by atoms with Gasteiger partial charge in [-0.15, -0.1) is 5.01 Å². The molecule has 0 radical (unpaired) electrons. The summed E-state index contributed by atoms with van der Waals surface area (Å²) in [6.45, 7) is 6.96. The standard InChI is InChI=1S/C13H23N3O7/c1-9(21-12(19)22-13(2,3)4)23-14-16(20)15-7-5-10(6-8-15)11(17)18/h9-10H,5-8H2,1-4H3,(H,17,18)/b16-14-. The van der Waals surface area contributed by atoms with E-state index in [1.807, 2.05) is 0 Å². The lowest BCUT2D eigenvalue weighted by Gasteiger charge is -2.25. The van der Waals surface area contributed by atoms with Crippen molar-refractivity contribution in [1.82, 2.24) is 5.01 Å². The van der Waals surface area contributed by atoms with E-state index in [0.717, 1.165) is 0 Å². The number of rotatable bonds is 5. The van der Waals surface area contributed by atoms with Crippen LogP contribution in [0.2, 0.25) is 0 Å². The normalized spacial score (nSPS) is 18.3. The highest BCUT2D eigenvalue weighted by Gasteiger charge is 2.28. The molecule has 1 heterocycles. The maximum atomic E-state index is 11.7. The number of hydrazine groups is 1. The van der Waals surface area contributed by atoms with E-state index in [9.17, 15) is 14.8 Å². The number of nitrogens with zero attached hydrogens (tertiary/aromatic N) is 3. The second-order valence-electron chi connectivity index (χ2n) is 6.16. The molecule has 1 fully saturated rings. The molecule has 1 rings (SSSR count). The van der Waals surface area contributed by atoms with Gasteiger partial charge in [0.05, 0.1) is 24.0 Å². The Morgan fingerprint density at radius 1 is 1.35 bits per heavy atom. The van der Waals surface area contributed by atoms with E-state index in [4.69, 9.17) is 19.4 Å². The van der Waals surface area contributed by atoms with Gasteiger partial charge in [0.15, 0.2) is 0 Å². The first-order valence-electron chi connectivity index (χ1n) is 7.30. The van der Waals surface area contributed by atoms with Crippen LogP contribution >= 0.6 is 0 Å². The van der Waals surface area contributed by atoms with Crippen molar-refractivity contribution < 1.29 is 34.0 Å². The number of carbonyl (C=O) groups is 2. The van der Waals surface area contributed by atoms with E-state index in [0.29, 0.717) is 12.8 Å². The van der Waals surface area contributed by atoms with E-state index in [-0.39, 0.29) is 18.1 Å². The van der Waals surface area contributed by atoms with Gasteiger partial charge >= 0.3 is 12.1 Å². The molecule has 132 valence electrons. The number of piperidine rings is 1. The number of carboxylic acid groups (broad SMARTS) is 1. The highest BCUT2D eigenvalue weighted by molar-refractivity contribution is 5.70. The van der Waals surface area contributed by atoms with Crippen molar-refractivity contribution in [2.24, 2.45) is 11.2 Å². The van der Waals surface area contributed by atoms with Crippen LogP contribution in [0.3, 0.4) is 0 Å². The number of aliphatic carboxylic acids is 1. The molecule has 1 saturated heterocycles. The molecule has 0 bridgehead atoms. The zero-order valence-corrected chi connectivity index (χ0v) is 13.7. The van der Waals surface area contributed by atoms with Crippen molar-refractivity contribution in [3.63, 3.8) is 0 Å². The third-order valence-corrected chi connectivity index (χ3v) is 2.98. The summed E-state index contributed by atoms with van der Waals surface area (Å²) in [5.74, 6) is -1.32. The number of carboxylic acids is 1. The molecule has 0 aromatic carbocycles. The van der Waals surface area contributed by atoms with Crippen molar-refractivity contribution in [2.75, 3.05) is 13.1 Å². The smallest absolute Gasteiger partial charge is 0.511 e. The summed E-state index contributed by atoms with van der Waals surface area (Å²) in [5, 5.41) is 25.2. The molecule has 1 aliphatic heterocycles. The molecule has 10 nitrogen and oxygen atoms in total. The summed E-state index contributed by atoms with van der Waals surface area (Å²) < 4.78 is 9.70. The van der Waals surface area contributed by atoms with Gasteiger partial charge in [-0.2, -0.15) is 0 Å². The van der Waals surface area contributed by atoms with E-state index in [2.05, 4.69) is 5.28 Å². The molecule has 1 unspecified atom stereocenters. The third kappa shape index (κ3) is 7.02. The lowest BCUT2D eigenvalue weighted by atomic mass is 9.98. The minimum atomic E-state index is -1.10. The second kappa shape index (κ2) is 7.84. The fraction of sp³-hybridized carbons (Fsp3) is 0.846.